The van der Waals surface area contributed by atoms with Crippen molar-refractivity contribution in [3.63, 3.8) is 0 Å². The fourth-order valence-corrected chi connectivity index (χ4v) is 3.41. The first-order valence-electron chi connectivity index (χ1n) is 8.13. The molecule has 0 saturated carbocycles. The van der Waals surface area contributed by atoms with Crippen molar-refractivity contribution in [1.82, 2.24) is 9.88 Å². The first-order chi connectivity index (χ1) is 10.9. The molecule has 4 rings (SSSR count). The zero-order valence-electron chi connectivity index (χ0n) is 12.8. The molecule has 1 N–H and O–H groups in total. The van der Waals surface area contributed by atoms with E-state index in [-0.39, 0.29) is 0 Å². The zero-order valence-corrected chi connectivity index (χ0v) is 12.8. The van der Waals surface area contributed by atoms with Gasteiger partial charge >= 0.3 is 0 Å². The van der Waals surface area contributed by atoms with E-state index in [2.05, 4.69) is 56.5 Å². The highest BCUT2D eigenvalue weighted by Gasteiger charge is 2.23. The first kappa shape index (κ1) is 13.6. The lowest BCUT2D eigenvalue weighted by Gasteiger charge is -2.36. The number of hydrogen-bond donors (Lipinski definition) is 1. The number of fused-ring (bicyclic) bond motifs is 1. The van der Waals surface area contributed by atoms with Gasteiger partial charge in [-0.15, -0.1) is 0 Å². The van der Waals surface area contributed by atoms with E-state index in [0.717, 1.165) is 51.5 Å². The van der Waals surface area contributed by atoms with Crippen LogP contribution < -0.4 is 10.2 Å². The van der Waals surface area contributed by atoms with E-state index in [0.29, 0.717) is 0 Å². The minimum absolute atomic E-state index is 1.04. The van der Waals surface area contributed by atoms with E-state index < -0.39 is 0 Å². The Hall–Kier alpha value is -2.07. The number of nitrogens with one attached hydrogen (secondary N) is 1. The number of benzene rings is 1. The molecular weight excluding hydrogens is 272 g/mol. The minimum atomic E-state index is 1.04. The lowest BCUT2D eigenvalue weighted by atomic mass is 10.2. The molecule has 0 bridgehead atoms. The number of pyridine rings is 1. The molecule has 1 aromatic heterocycles. The van der Waals surface area contributed by atoms with Gasteiger partial charge < -0.3 is 10.2 Å². The van der Waals surface area contributed by atoms with Gasteiger partial charge in [-0.05, 0) is 23.6 Å². The summed E-state index contributed by atoms with van der Waals surface area (Å²) in [6, 6.07) is 12.9. The van der Waals surface area contributed by atoms with Crippen molar-refractivity contribution in [3.8, 4) is 0 Å². The van der Waals surface area contributed by atoms with Gasteiger partial charge in [-0.1, -0.05) is 30.3 Å². The molecular formula is C18H22N4. The van der Waals surface area contributed by atoms with Gasteiger partial charge in [0.1, 0.15) is 0 Å². The van der Waals surface area contributed by atoms with E-state index >= 15 is 0 Å². The van der Waals surface area contributed by atoms with Crippen LogP contribution in [0.4, 0.5) is 11.5 Å². The molecule has 0 radical (unpaired) electrons. The third-order valence-electron chi connectivity index (χ3n) is 4.63. The molecule has 0 atom stereocenters. The second-order valence-corrected chi connectivity index (χ2v) is 6.09. The zero-order chi connectivity index (χ0) is 14.8. The average Bonchev–Trinajstić information content (AvgIpc) is 3.05. The maximum atomic E-state index is 4.63. The molecule has 1 saturated heterocycles. The molecule has 1 fully saturated rings. The van der Waals surface area contributed by atoms with Crippen LogP contribution >= 0.6 is 0 Å². The standard InChI is InChI=1S/C18H22N4/c1-2-4-15(5-3-1)14-21-10-12-22(13-11-21)18-17-16(6-8-19-17)7-9-20-18/h1-5,7,9,19H,6,8,10-14H2. The van der Waals surface area contributed by atoms with E-state index in [4.69, 9.17) is 0 Å². The van der Waals surface area contributed by atoms with Crippen molar-refractivity contribution < 1.29 is 0 Å². The van der Waals surface area contributed by atoms with E-state index in [1.807, 2.05) is 6.20 Å². The maximum absolute atomic E-state index is 4.63. The van der Waals surface area contributed by atoms with Crippen molar-refractivity contribution in [3.05, 3.63) is 53.7 Å². The molecule has 0 unspecified atom stereocenters. The van der Waals surface area contributed by atoms with E-state index in [9.17, 15) is 0 Å². The number of piperazine rings is 1. The van der Waals surface area contributed by atoms with Gasteiger partial charge in [0.15, 0.2) is 5.82 Å². The summed E-state index contributed by atoms with van der Waals surface area (Å²) in [7, 11) is 0. The highest BCUT2D eigenvalue weighted by Crippen LogP contribution is 2.31. The van der Waals surface area contributed by atoms with Gasteiger partial charge in [-0.3, -0.25) is 4.90 Å². The van der Waals surface area contributed by atoms with Crippen molar-refractivity contribution >= 4 is 11.5 Å². The number of aromatic nitrogens is 1. The van der Waals surface area contributed by atoms with Gasteiger partial charge in [-0.2, -0.15) is 0 Å². The number of rotatable bonds is 3. The molecule has 0 spiro atoms. The van der Waals surface area contributed by atoms with Crippen molar-refractivity contribution in [2.75, 3.05) is 42.9 Å². The quantitative estimate of drug-likeness (QED) is 0.942. The van der Waals surface area contributed by atoms with Crippen molar-refractivity contribution in [2.45, 2.75) is 13.0 Å². The second-order valence-electron chi connectivity index (χ2n) is 6.09. The Balaban J connectivity index is 1.41. The summed E-state index contributed by atoms with van der Waals surface area (Å²) in [6.45, 7) is 6.39. The predicted molar refractivity (Wildman–Crippen MR) is 90.4 cm³/mol. The second kappa shape index (κ2) is 5.97. The molecule has 2 aliphatic heterocycles. The smallest absolute Gasteiger partial charge is 0.152 e. The molecule has 0 aliphatic carbocycles. The van der Waals surface area contributed by atoms with Gasteiger partial charge in [0.05, 0.1) is 5.69 Å². The van der Waals surface area contributed by atoms with Crippen LogP contribution in [0.15, 0.2) is 42.6 Å². The van der Waals surface area contributed by atoms with E-state index in [1.54, 1.807) is 0 Å². The fraction of sp³-hybridized carbons (Fsp3) is 0.389. The highest BCUT2D eigenvalue weighted by atomic mass is 15.3. The molecule has 4 heteroatoms. The highest BCUT2D eigenvalue weighted by molar-refractivity contribution is 5.72. The van der Waals surface area contributed by atoms with Crippen LogP contribution in [-0.2, 0) is 13.0 Å². The number of nitrogens with zero attached hydrogens (tertiary/aromatic N) is 3. The Kier molecular flexibility index (Phi) is 3.69. The Morgan fingerprint density at radius 3 is 2.64 bits per heavy atom. The Morgan fingerprint density at radius 1 is 1.00 bits per heavy atom. The summed E-state index contributed by atoms with van der Waals surface area (Å²) in [5.74, 6) is 1.15. The third kappa shape index (κ3) is 2.66. The fourth-order valence-electron chi connectivity index (χ4n) is 3.41. The van der Waals surface area contributed by atoms with Crippen LogP contribution in [0.25, 0.3) is 0 Å². The summed E-state index contributed by atoms with van der Waals surface area (Å²) in [5.41, 5.74) is 4.08. The Bertz CT molecular complexity index is 633. The average molecular weight is 294 g/mol. The Labute approximate surface area is 131 Å². The number of anilines is 2. The minimum Gasteiger partial charge on any atom is -0.381 e. The monoisotopic (exact) mass is 294 g/mol. The molecule has 114 valence electrons. The molecule has 22 heavy (non-hydrogen) atoms. The summed E-state index contributed by atoms with van der Waals surface area (Å²) in [4.78, 5) is 9.59. The van der Waals surface area contributed by atoms with Crippen LogP contribution in [0.2, 0.25) is 0 Å². The summed E-state index contributed by atoms with van der Waals surface area (Å²) in [6.07, 6.45) is 3.08. The van der Waals surface area contributed by atoms with Gasteiger partial charge in [-0.25, -0.2) is 4.98 Å². The van der Waals surface area contributed by atoms with Crippen molar-refractivity contribution in [2.24, 2.45) is 0 Å². The third-order valence-corrected chi connectivity index (χ3v) is 4.63. The molecule has 2 aromatic rings. The van der Waals surface area contributed by atoms with Gasteiger partial charge in [0, 0.05) is 45.5 Å². The van der Waals surface area contributed by atoms with Crippen LogP contribution in [0.5, 0.6) is 0 Å². The molecule has 4 nitrogen and oxygen atoms in total. The molecule has 3 heterocycles. The molecule has 1 aromatic carbocycles. The van der Waals surface area contributed by atoms with Gasteiger partial charge in [0.25, 0.3) is 0 Å². The summed E-state index contributed by atoms with van der Waals surface area (Å²) < 4.78 is 0. The SMILES string of the molecule is c1ccc(CN2CCN(c3nccc4c3NCC4)CC2)cc1. The van der Waals surface area contributed by atoms with Crippen LogP contribution in [0.3, 0.4) is 0 Å². The van der Waals surface area contributed by atoms with Crippen LogP contribution in [0.1, 0.15) is 11.1 Å². The first-order valence-corrected chi connectivity index (χ1v) is 8.13. The molecule has 2 aliphatic rings. The lowest BCUT2D eigenvalue weighted by molar-refractivity contribution is 0.249. The largest absolute Gasteiger partial charge is 0.381 e. The normalized spacial score (nSPS) is 18.1. The van der Waals surface area contributed by atoms with Gasteiger partial charge in [0.2, 0.25) is 0 Å². The molecule has 0 amide bonds. The summed E-state index contributed by atoms with van der Waals surface area (Å²) >= 11 is 0. The van der Waals surface area contributed by atoms with Crippen molar-refractivity contribution in [1.29, 1.82) is 0 Å². The topological polar surface area (TPSA) is 31.4 Å². The summed E-state index contributed by atoms with van der Waals surface area (Å²) in [5, 5.41) is 3.50. The van der Waals surface area contributed by atoms with Crippen LogP contribution in [-0.4, -0.2) is 42.6 Å². The predicted octanol–water partition coefficient (Wildman–Crippen LogP) is 2.37. The maximum Gasteiger partial charge on any atom is 0.152 e. The lowest BCUT2D eigenvalue weighted by Crippen LogP contribution is -2.46. The number of hydrogen-bond acceptors (Lipinski definition) is 4. The van der Waals surface area contributed by atoms with E-state index in [1.165, 1.54) is 16.8 Å². The Morgan fingerprint density at radius 2 is 1.82 bits per heavy atom. The van der Waals surface area contributed by atoms with Crippen LogP contribution in [0, 0.1) is 0 Å².